The molecule has 2 aromatic heterocycles. The van der Waals surface area contributed by atoms with Crippen molar-refractivity contribution in [2.75, 3.05) is 0 Å². The van der Waals surface area contributed by atoms with Gasteiger partial charge in [-0.2, -0.15) is 0 Å². The van der Waals surface area contributed by atoms with Crippen molar-refractivity contribution in [3.8, 4) is 11.3 Å². The summed E-state index contributed by atoms with van der Waals surface area (Å²) >= 11 is 1.56. The largest absolute Gasteiger partial charge is 0.351 e. The van der Waals surface area contributed by atoms with Crippen LogP contribution in [0.4, 0.5) is 4.39 Å². The van der Waals surface area contributed by atoms with Gasteiger partial charge in [0.2, 0.25) is 5.91 Å². The maximum Gasteiger partial charge on any atom is 0.220 e. The van der Waals surface area contributed by atoms with Crippen LogP contribution in [0.5, 0.6) is 0 Å². The normalized spacial score (nSPS) is 11.0. The monoisotopic (exact) mass is 317 g/mol. The second kappa shape index (κ2) is 5.88. The fourth-order valence-electron chi connectivity index (χ4n) is 2.22. The number of nitrogens with zero attached hydrogens (tertiary/aromatic N) is 2. The molecule has 1 N–H and O–H groups in total. The Morgan fingerprint density at radius 3 is 2.73 bits per heavy atom. The molecule has 1 amide bonds. The molecule has 0 aliphatic heterocycles. The minimum absolute atomic E-state index is 0.0393. The Kier molecular flexibility index (Phi) is 3.94. The molecule has 0 spiro atoms. The highest BCUT2D eigenvalue weighted by atomic mass is 32.1. The number of carbonyl (C=O) groups is 1. The smallest absolute Gasteiger partial charge is 0.220 e. The zero-order chi connectivity index (χ0) is 15.7. The van der Waals surface area contributed by atoms with Gasteiger partial charge in [-0.3, -0.25) is 9.20 Å². The quantitative estimate of drug-likeness (QED) is 0.800. The van der Waals surface area contributed by atoms with Crippen molar-refractivity contribution in [3.05, 3.63) is 46.9 Å². The van der Waals surface area contributed by atoms with Gasteiger partial charge in [-0.15, -0.1) is 0 Å². The van der Waals surface area contributed by atoms with Gasteiger partial charge in [0, 0.05) is 28.8 Å². The summed E-state index contributed by atoms with van der Waals surface area (Å²) in [6, 6.07) is 6.31. The number of rotatable bonds is 4. The van der Waals surface area contributed by atoms with Crippen LogP contribution in [-0.2, 0) is 11.3 Å². The zero-order valence-corrected chi connectivity index (χ0v) is 13.2. The van der Waals surface area contributed by atoms with Gasteiger partial charge in [0.25, 0.3) is 0 Å². The maximum absolute atomic E-state index is 13.0. The minimum Gasteiger partial charge on any atom is -0.351 e. The van der Waals surface area contributed by atoms with E-state index in [1.165, 1.54) is 12.1 Å². The maximum atomic E-state index is 13.0. The molecular formula is C16H16FN3OS. The number of aromatic nitrogens is 2. The lowest BCUT2D eigenvalue weighted by molar-refractivity contribution is -0.120. The molecule has 114 valence electrons. The molecule has 0 saturated carbocycles. The molecule has 6 heteroatoms. The van der Waals surface area contributed by atoms with Crippen molar-refractivity contribution >= 4 is 22.2 Å². The highest BCUT2D eigenvalue weighted by Crippen LogP contribution is 2.27. The number of imidazole rings is 1. The van der Waals surface area contributed by atoms with Gasteiger partial charge in [-0.25, -0.2) is 9.37 Å². The SMILES string of the molecule is CCC(=O)NCc1sc2nc(-c3ccc(F)cc3)cn2c1C. The molecule has 0 fully saturated rings. The van der Waals surface area contributed by atoms with E-state index < -0.39 is 0 Å². The molecule has 22 heavy (non-hydrogen) atoms. The van der Waals surface area contributed by atoms with Crippen molar-refractivity contribution in [1.29, 1.82) is 0 Å². The van der Waals surface area contributed by atoms with Crippen molar-refractivity contribution in [1.82, 2.24) is 14.7 Å². The molecule has 0 saturated heterocycles. The highest BCUT2D eigenvalue weighted by Gasteiger charge is 2.13. The lowest BCUT2D eigenvalue weighted by Crippen LogP contribution is -2.21. The Balaban J connectivity index is 1.89. The highest BCUT2D eigenvalue weighted by molar-refractivity contribution is 7.17. The lowest BCUT2D eigenvalue weighted by Gasteiger charge is -2.02. The van der Waals surface area contributed by atoms with E-state index in [1.54, 1.807) is 23.5 Å². The van der Waals surface area contributed by atoms with Crippen molar-refractivity contribution in [2.24, 2.45) is 0 Å². The third-order valence-electron chi connectivity index (χ3n) is 3.56. The number of nitrogens with one attached hydrogen (secondary N) is 1. The fourth-order valence-corrected chi connectivity index (χ4v) is 3.26. The average Bonchev–Trinajstić information content (AvgIpc) is 3.05. The Morgan fingerprint density at radius 2 is 2.09 bits per heavy atom. The summed E-state index contributed by atoms with van der Waals surface area (Å²) in [6.45, 7) is 4.36. The van der Waals surface area contributed by atoms with Gasteiger partial charge in [0.15, 0.2) is 4.96 Å². The number of fused-ring (bicyclic) bond motifs is 1. The number of aryl methyl sites for hydroxylation is 1. The first-order valence-electron chi connectivity index (χ1n) is 7.08. The zero-order valence-electron chi connectivity index (χ0n) is 12.4. The van der Waals surface area contributed by atoms with E-state index in [0.29, 0.717) is 13.0 Å². The predicted octanol–water partition coefficient (Wildman–Crippen LogP) is 3.54. The number of thiazole rings is 1. The number of halogens is 1. The van der Waals surface area contributed by atoms with Gasteiger partial charge in [-0.05, 0) is 31.2 Å². The van der Waals surface area contributed by atoms with Crippen molar-refractivity contribution < 1.29 is 9.18 Å². The van der Waals surface area contributed by atoms with Crippen molar-refractivity contribution in [3.63, 3.8) is 0 Å². The predicted molar refractivity (Wildman–Crippen MR) is 85.3 cm³/mol. The molecule has 4 nitrogen and oxygen atoms in total. The molecule has 0 unspecified atom stereocenters. The van der Waals surface area contributed by atoms with Gasteiger partial charge in [0.05, 0.1) is 12.2 Å². The number of hydrogen-bond acceptors (Lipinski definition) is 3. The Morgan fingerprint density at radius 1 is 1.36 bits per heavy atom. The molecule has 0 aliphatic rings. The molecule has 2 heterocycles. The third-order valence-corrected chi connectivity index (χ3v) is 4.72. The summed E-state index contributed by atoms with van der Waals surface area (Å²) in [4.78, 5) is 17.9. The van der Waals surface area contributed by atoms with Crippen LogP contribution in [0.25, 0.3) is 16.2 Å². The van der Waals surface area contributed by atoms with E-state index in [-0.39, 0.29) is 11.7 Å². The topological polar surface area (TPSA) is 46.4 Å². The van der Waals surface area contributed by atoms with E-state index in [1.807, 2.05) is 24.4 Å². The first-order chi connectivity index (χ1) is 10.6. The van der Waals surface area contributed by atoms with E-state index in [2.05, 4.69) is 10.3 Å². The minimum atomic E-state index is -0.255. The third kappa shape index (κ3) is 2.74. The molecule has 0 radical (unpaired) electrons. The summed E-state index contributed by atoms with van der Waals surface area (Å²) in [6.07, 6.45) is 2.43. The van der Waals surface area contributed by atoms with Crippen molar-refractivity contribution in [2.45, 2.75) is 26.8 Å². The molecular weight excluding hydrogens is 301 g/mol. The van der Waals surface area contributed by atoms with Gasteiger partial charge in [0.1, 0.15) is 5.82 Å². The fraction of sp³-hybridized carbons (Fsp3) is 0.250. The molecule has 0 aliphatic carbocycles. The van der Waals surface area contributed by atoms with E-state index in [0.717, 1.165) is 26.8 Å². The van der Waals surface area contributed by atoms with E-state index in [9.17, 15) is 9.18 Å². The number of carbonyl (C=O) groups excluding carboxylic acids is 1. The number of benzene rings is 1. The summed E-state index contributed by atoms with van der Waals surface area (Å²) in [5.74, 6) is -0.215. The Hall–Kier alpha value is -2.21. The first-order valence-corrected chi connectivity index (χ1v) is 7.90. The summed E-state index contributed by atoms with van der Waals surface area (Å²) < 4.78 is 15.0. The lowest BCUT2D eigenvalue weighted by atomic mass is 10.2. The van der Waals surface area contributed by atoms with Crippen LogP contribution in [0.1, 0.15) is 23.9 Å². The second-order valence-electron chi connectivity index (χ2n) is 5.03. The summed E-state index contributed by atoms with van der Waals surface area (Å²) in [7, 11) is 0. The number of amides is 1. The van der Waals surface area contributed by atoms with Crippen LogP contribution in [0.2, 0.25) is 0 Å². The molecule has 0 bridgehead atoms. The van der Waals surface area contributed by atoms with Crippen LogP contribution in [-0.4, -0.2) is 15.3 Å². The van der Waals surface area contributed by atoms with Gasteiger partial charge in [-0.1, -0.05) is 18.3 Å². The summed E-state index contributed by atoms with van der Waals surface area (Å²) in [5, 5.41) is 2.88. The first kappa shape index (κ1) is 14.7. The standard InChI is InChI=1S/C16H16FN3OS/c1-3-15(21)18-8-14-10(2)20-9-13(19-16(20)22-14)11-4-6-12(17)7-5-11/h4-7,9H,3,8H2,1-2H3,(H,18,21). The van der Waals surface area contributed by atoms with Gasteiger partial charge < -0.3 is 5.32 Å². The van der Waals surface area contributed by atoms with Crippen LogP contribution >= 0.6 is 11.3 Å². The Bertz CT molecular complexity index is 820. The van der Waals surface area contributed by atoms with Gasteiger partial charge >= 0.3 is 0 Å². The summed E-state index contributed by atoms with van der Waals surface area (Å²) in [5.41, 5.74) is 2.77. The van der Waals surface area contributed by atoms with Crippen LogP contribution in [0.15, 0.2) is 30.5 Å². The van der Waals surface area contributed by atoms with Crippen LogP contribution < -0.4 is 5.32 Å². The van der Waals surface area contributed by atoms with E-state index in [4.69, 9.17) is 0 Å². The molecule has 0 atom stereocenters. The second-order valence-corrected chi connectivity index (χ2v) is 6.09. The molecule has 1 aromatic carbocycles. The van der Waals surface area contributed by atoms with Crippen LogP contribution in [0.3, 0.4) is 0 Å². The molecule has 3 rings (SSSR count). The number of hydrogen-bond donors (Lipinski definition) is 1. The molecule has 3 aromatic rings. The average molecular weight is 317 g/mol. The van der Waals surface area contributed by atoms with Crippen LogP contribution in [0, 0.1) is 12.7 Å². The van der Waals surface area contributed by atoms with E-state index >= 15 is 0 Å². The Labute approximate surface area is 131 Å².